The fraction of sp³-hybridized carbons (Fsp3) is 1.00. The first kappa shape index (κ1) is 12.9. The van der Waals surface area contributed by atoms with Gasteiger partial charge in [-0.3, -0.25) is 0 Å². The zero-order valence-corrected chi connectivity index (χ0v) is 10.6. The Labute approximate surface area is 93.9 Å². The van der Waals surface area contributed by atoms with Crippen molar-refractivity contribution >= 4 is 0 Å². The van der Waals surface area contributed by atoms with Crippen molar-refractivity contribution in [3.63, 3.8) is 0 Å². The first-order valence-corrected chi connectivity index (χ1v) is 6.04. The van der Waals surface area contributed by atoms with E-state index in [2.05, 4.69) is 17.1 Å². The van der Waals surface area contributed by atoms with Crippen molar-refractivity contribution in [3.05, 3.63) is 0 Å². The van der Waals surface area contributed by atoms with Crippen molar-refractivity contribution in [2.24, 2.45) is 5.92 Å². The van der Waals surface area contributed by atoms with Gasteiger partial charge in [0.05, 0.1) is 5.60 Å². The largest absolute Gasteiger partial charge is 0.390 e. The van der Waals surface area contributed by atoms with Crippen LogP contribution in [0, 0.1) is 5.92 Å². The van der Waals surface area contributed by atoms with Crippen LogP contribution < -0.4 is 5.32 Å². The van der Waals surface area contributed by atoms with Crippen LogP contribution in [0.2, 0.25) is 0 Å². The molecule has 0 aromatic heterocycles. The molecule has 0 spiro atoms. The minimum Gasteiger partial charge on any atom is -0.390 e. The number of hydrogen-bond donors (Lipinski definition) is 2. The van der Waals surface area contributed by atoms with Crippen LogP contribution in [0.4, 0.5) is 0 Å². The molecule has 2 N–H and O–H groups in total. The summed E-state index contributed by atoms with van der Waals surface area (Å²) >= 11 is 0. The van der Waals surface area contributed by atoms with Gasteiger partial charge in [-0.15, -0.1) is 0 Å². The second kappa shape index (κ2) is 5.28. The molecule has 0 bridgehead atoms. The summed E-state index contributed by atoms with van der Waals surface area (Å²) in [5.74, 6) is 0.713. The number of nitrogens with zero attached hydrogens (tertiary/aromatic N) is 1. The van der Waals surface area contributed by atoms with Gasteiger partial charge in [-0.05, 0) is 46.2 Å². The second-order valence-corrected chi connectivity index (χ2v) is 5.52. The van der Waals surface area contributed by atoms with Gasteiger partial charge in [-0.25, -0.2) is 0 Å². The second-order valence-electron chi connectivity index (χ2n) is 5.52. The highest BCUT2D eigenvalue weighted by molar-refractivity contribution is 4.82. The Morgan fingerprint density at radius 2 is 2.13 bits per heavy atom. The van der Waals surface area contributed by atoms with Crippen molar-refractivity contribution in [2.45, 2.75) is 45.3 Å². The normalized spacial score (nSPS) is 29.4. The smallest absolute Gasteiger partial charge is 0.0603 e. The molecule has 0 aliphatic carbocycles. The fourth-order valence-electron chi connectivity index (χ4n) is 2.30. The van der Waals surface area contributed by atoms with Crippen LogP contribution in [-0.4, -0.2) is 48.3 Å². The maximum atomic E-state index is 9.67. The lowest BCUT2D eigenvalue weighted by atomic mass is 9.93. The topological polar surface area (TPSA) is 35.5 Å². The predicted molar refractivity (Wildman–Crippen MR) is 64.0 cm³/mol. The summed E-state index contributed by atoms with van der Waals surface area (Å²) in [5, 5.41) is 13.0. The minimum atomic E-state index is -0.525. The van der Waals surface area contributed by atoms with Gasteiger partial charge in [-0.2, -0.15) is 0 Å². The third kappa shape index (κ3) is 4.49. The van der Waals surface area contributed by atoms with Crippen LogP contribution in [-0.2, 0) is 0 Å². The molecule has 1 aliphatic heterocycles. The third-order valence-corrected chi connectivity index (χ3v) is 3.40. The van der Waals surface area contributed by atoms with Crippen LogP contribution in [0.1, 0.15) is 33.6 Å². The van der Waals surface area contributed by atoms with E-state index in [0.717, 1.165) is 26.1 Å². The SMILES string of the molecule is CNC1CCN(CCC(C)(C)O)CC1C. The summed E-state index contributed by atoms with van der Waals surface area (Å²) < 4.78 is 0. The summed E-state index contributed by atoms with van der Waals surface area (Å²) in [5.41, 5.74) is -0.525. The maximum Gasteiger partial charge on any atom is 0.0603 e. The molecule has 1 saturated heterocycles. The van der Waals surface area contributed by atoms with E-state index in [1.165, 1.54) is 6.42 Å². The van der Waals surface area contributed by atoms with Crippen molar-refractivity contribution < 1.29 is 5.11 Å². The Bertz CT molecular complexity index is 189. The molecule has 1 fully saturated rings. The van der Waals surface area contributed by atoms with Gasteiger partial charge in [0.2, 0.25) is 0 Å². The molecular formula is C12H26N2O. The van der Waals surface area contributed by atoms with Crippen LogP contribution in [0.15, 0.2) is 0 Å². The zero-order valence-electron chi connectivity index (χ0n) is 10.6. The highest BCUT2D eigenvalue weighted by Gasteiger charge is 2.25. The molecule has 0 amide bonds. The van der Waals surface area contributed by atoms with Crippen LogP contribution in [0.5, 0.6) is 0 Å². The average Bonchev–Trinajstić information content (AvgIpc) is 2.14. The standard InChI is InChI=1S/C12H26N2O/c1-10-9-14(7-5-11(10)13-4)8-6-12(2,3)15/h10-11,13,15H,5-9H2,1-4H3. The molecule has 0 saturated carbocycles. The Morgan fingerprint density at radius 1 is 1.47 bits per heavy atom. The summed E-state index contributed by atoms with van der Waals surface area (Å²) in [7, 11) is 2.05. The molecule has 0 aromatic rings. The molecule has 0 aromatic carbocycles. The van der Waals surface area contributed by atoms with E-state index in [1.807, 2.05) is 20.9 Å². The van der Waals surface area contributed by atoms with Gasteiger partial charge >= 0.3 is 0 Å². The molecule has 2 atom stereocenters. The Balaban J connectivity index is 2.29. The molecule has 0 radical (unpaired) electrons. The van der Waals surface area contributed by atoms with Crippen molar-refractivity contribution in [1.29, 1.82) is 0 Å². The van der Waals surface area contributed by atoms with Crippen LogP contribution in [0.3, 0.4) is 0 Å². The van der Waals surface area contributed by atoms with E-state index in [9.17, 15) is 5.11 Å². The van der Waals surface area contributed by atoms with E-state index in [1.54, 1.807) is 0 Å². The number of aliphatic hydroxyl groups is 1. The van der Waals surface area contributed by atoms with E-state index >= 15 is 0 Å². The highest BCUT2D eigenvalue weighted by Crippen LogP contribution is 2.18. The molecular weight excluding hydrogens is 188 g/mol. The molecule has 1 rings (SSSR count). The zero-order chi connectivity index (χ0) is 11.5. The lowest BCUT2D eigenvalue weighted by Gasteiger charge is -2.37. The van der Waals surface area contributed by atoms with Crippen molar-refractivity contribution in [3.8, 4) is 0 Å². The number of piperidine rings is 1. The summed E-state index contributed by atoms with van der Waals surface area (Å²) in [6.07, 6.45) is 2.09. The predicted octanol–water partition coefficient (Wildman–Crippen LogP) is 1.08. The monoisotopic (exact) mass is 214 g/mol. The Hall–Kier alpha value is -0.120. The molecule has 90 valence electrons. The number of nitrogens with one attached hydrogen (secondary N) is 1. The first-order valence-electron chi connectivity index (χ1n) is 6.04. The lowest BCUT2D eigenvalue weighted by Crippen LogP contribution is -2.48. The number of hydrogen-bond acceptors (Lipinski definition) is 3. The van der Waals surface area contributed by atoms with E-state index in [-0.39, 0.29) is 0 Å². The van der Waals surface area contributed by atoms with E-state index < -0.39 is 5.60 Å². The van der Waals surface area contributed by atoms with Crippen molar-refractivity contribution in [2.75, 3.05) is 26.7 Å². The number of rotatable bonds is 4. The fourth-order valence-corrected chi connectivity index (χ4v) is 2.30. The highest BCUT2D eigenvalue weighted by atomic mass is 16.3. The van der Waals surface area contributed by atoms with Gasteiger partial charge < -0.3 is 15.3 Å². The van der Waals surface area contributed by atoms with Crippen molar-refractivity contribution in [1.82, 2.24) is 10.2 Å². The quantitative estimate of drug-likeness (QED) is 0.735. The molecule has 2 unspecified atom stereocenters. The molecule has 3 heteroatoms. The van der Waals surface area contributed by atoms with Gasteiger partial charge in [-0.1, -0.05) is 6.92 Å². The van der Waals surface area contributed by atoms with Gasteiger partial charge in [0, 0.05) is 19.1 Å². The minimum absolute atomic E-state index is 0.525. The third-order valence-electron chi connectivity index (χ3n) is 3.40. The Morgan fingerprint density at radius 3 is 2.60 bits per heavy atom. The van der Waals surface area contributed by atoms with E-state index in [0.29, 0.717) is 12.0 Å². The molecule has 15 heavy (non-hydrogen) atoms. The van der Waals surface area contributed by atoms with Gasteiger partial charge in [0.25, 0.3) is 0 Å². The summed E-state index contributed by atoms with van der Waals surface area (Å²) in [4.78, 5) is 2.47. The number of likely N-dealkylation sites (tertiary alicyclic amines) is 1. The average molecular weight is 214 g/mol. The van der Waals surface area contributed by atoms with Gasteiger partial charge in [0.1, 0.15) is 0 Å². The molecule has 1 aliphatic rings. The van der Waals surface area contributed by atoms with Gasteiger partial charge in [0.15, 0.2) is 0 Å². The van der Waals surface area contributed by atoms with Crippen LogP contribution >= 0.6 is 0 Å². The summed E-state index contributed by atoms with van der Waals surface area (Å²) in [6.45, 7) is 9.41. The Kier molecular flexibility index (Phi) is 4.56. The molecule has 1 heterocycles. The maximum absolute atomic E-state index is 9.67. The van der Waals surface area contributed by atoms with Crippen LogP contribution in [0.25, 0.3) is 0 Å². The first-order chi connectivity index (χ1) is 6.92. The lowest BCUT2D eigenvalue weighted by molar-refractivity contribution is 0.0483. The van der Waals surface area contributed by atoms with E-state index in [4.69, 9.17) is 0 Å². The molecule has 3 nitrogen and oxygen atoms in total. The summed E-state index contributed by atoms with van der Waals surface area (Å²) in [6, 6.07) is 0.670.